The van der Waals surface area contributed by atoms with Gasteiger partial charge >= 0.3 is 5.63 Å². The Morgan fingerprint density at radius 3 is 2.45 bits per heavy atom. The smallest absolute Gasteiger partial charge is 0.339 e. The molecular formula is C26H31NO4. The molecule has 0 spiro atoms. The van der Waals surface area contributed by atoms with Gasteiger partial charge in [-0.2, -0.15) is 0 Å². The topological polar surface area (TPSA) is 62.9 Å². The standard InChI is InChI=1S/C26H31NO4/c1-18-19(2)26(29)31-25-15-23(7-8-24(18)25)30-17-22-9-12-27(13-10-22)16-21-5-3-20(4-6-21)11-14-28/h3-8,15,22,28H,9-14,16-17H2,1-2H3. The number of hydrogen-bond acceptors (Lipinski definition) is 5. The Morgan fingerprint density at radius 2 is 1.74 bits per heavy atom. The molecule has 1 N–H and O–H groups in total. The average molecular weight is 422 g/mol. The minimum absolute atomic E-state index is 0.196. The van der Waals surface area contributed by atoms with Crippen LogP contribution < -0.4 is 10.4 Å². The fraction of sp³-hybridized carbons (Fsp3) is 0.423. The number of benzene rings is 2. The van der Waals surface area contributed by atoms with Crippen molar-refractivity contribution in [3.8, 4) is 5.75 Å². The Hall–Kier alpha value is -2.63. The normalized spacial score (nSPS) is 15.5. The van der Waals surface area contributed by atoms with E-state index in [0.29, 0.717) is 30.1 Å². The zero-order valence-corrected chi connectivity index (χ0v) is 18.4. The molecule has 5 heteroatoms. The Bertz CT molecular complexity index is 1080. The average Bonchev–Trinajstić information content (AvgIpc) is 2.78. The highest BCUT2D eigenvalue weighted by molar-refractivity contribution is 5.82. The van der Waals surface area contributed by atoms with Gasteiger partial charge in [-0.3, -0.25) is 4.90 Å². The minimum atomic E-state index is -0.280. The molecule has 3 aromatic rings. The maximum Gasteiger partial charge on any atom is 0.339 e. The summed E-state index contributed by atoms with van der Waals surface area (Å²) in [6.45, 7) is 7.73. The van der Waals surface area contributed by atoms with E-state index in [9.17, 15) is 4.79 Å². The lowest BCUT2D eigenvalue weighted by Gasteiger charge is -2.31. The molecule has 1 saturated heterocycles. The lowest BCUT2D eigenvalue weighted by atomic mass is 9.97. The predicted octanol–water partition coefficient (Wildman–Crippen LogP) is 4.24. The number of nitrogens with zero attached hydrogens (tertiary/aromatic N) is 1. The largest absolute Gasteiger partial charge is 0.493 e. The van der Waals surface area contributed by atoms with Crippen LogP contribution in [0.2, 0.25) is 0 Å². The lowest BCUT2D eigenvalue weighted by Crippen LogP contribution is -2.35. The molecule has 2 aromatic carbocycles. The number of rotatable bonds is 7. The fourth-order valence-corrected chi connectivity index (χ4v) is 4.24. The van der Waals surface area contributed by atoms with Crippen LogP contribution in [0, 0.1) is 19.8 Å². The quantitative estimate of drug-likeness (QED) is 0.578. The van der Waals surface area contributed by atoms with E-state index in [1.54, 1.807) is 6.92 Å². The Balaban J connectivity index is 1.28. The van der Waals surface area contributed by atoms with E-state index in [4.69, 9.17) is 14.3 Å². The summed E-state index contributed by atoms with van der Waals surface area (Å²) in [6.07, 6.45) is 2.95. The summed E-state index contributed by atoms with van der Waals surface area (Å²) >= 11 is 0. The second-order valence-corrected chi connectivity index (χ2v) is 8.62. The van der Waals surface area contributed by atoms with Gasteiger partial charge in [0, 0.05) is 30.2 Å². The summed E-state index contributed by atoms with van der Waals surface area (Å²) in [5.74, 6) is 1.29. The van der Waals surface area contributed by atoms with Gasteiger partial charge < -0.3 is 14.3 Å². The molecule has 2 heterocycles. The van der Waals surface area contributed by atoms with Crippen molar-refractivity contribution in [1.82, 2.24) is 4.90 Å². The SMILES string of the molecule is Cc1c(C)c2ccc(OCC3CCN(Cc4ccc(CCO)cc4)CC3)cc2oc1=O. The molecule has 0 unspecified atom stereocenters. The summed E-state index contributed by atoms with van der Waals surface area (Å²) < 4.78 is 11.5. The Kier molecular flexibility index (Phi) is 6.73. The molecule has 1 aromatic heterocycles. The fourth-order valence-electron chi connectivity index (χ4n) is 4.24. The van der Waals surface area contributed by atoms with Crippen LogP contribution in [0.15, 0.2) is 51.7 Å². The minimum Gasteiger partial charge on any atom is -0.493 e. The summed E-state index contributed by atoms with van der Waals surface area (Å²) in [5, 5.41) is 9.99. The van der Waals surface area contributed by atoms with Crippen LogP contribution >= 0.6 is 0 Å². The van der Waals surface area contributed by atoms with Gasteiger partial charge in [-0.25, -0.2) is 4.79 Å². The summed E-state index contributed by atoms with van der Waals surface area (Å²) in [5.41, 5.74) is 4.44. The second kappa shape index (κ2) is 9.67. The summed E-state index contributed by atoms with van der Waals surface area (Å²) in [6, 6.07) is 14.3. The van der Waals surface area contributed by atoms with Gasteiger partial charge in [0.05, 0.1) is 6.61 Å². The molecule has 164 valence electrons. The van der Waals surface area contributed by atoms with E-state index in [-0.39, 0.29) is 12.2 Å². The Morgan fingerprint density at radius 1 is 1.03 bits per heavy atom. The number of hydrogen-bond donors (Lipinski definition) is 1. The zero-order valence-electron chi connectivity index (χ0n) is 18.4. The molecule has 1 aliphatic rings. The molecule has 31 heavy (non-hydrogen) atoms. The van der Waals surface area contributed by atoms with E-state index in [0.717, 1.165) is 49.2 Å². The third kappa shape index (κ3) is 5.17. The van der Waals surface area contributed by atoms with E-state index >= 15 is 0 Å². The third-order valence-corrected chi connectivity index (χ3v) is 6.45. The van der Waals surface area contributed by atoms with Gasteiger partial charge in [-0.05, 0) is 80.9 Å². The van der Waals surface area contributed by atoms with Crippen molar-refractivity contribution in [1.29, 1.82) is 0 Å². The van der Waals surface area contributed by atoms with E-state index in [2.05, 4.69) is 29.2 Å². The molecule has 4 rings (SSSR count). The molecule has 0 amide bonds. The van der Waals surface area contributed by atoms with Crippen molar-refractivity contribution in [3.05, 3.63) is 75.1 Å². The number of aryl methyl sites for hydroxylation is 1. The van der Waals surface area contributed by atoms with Gasteiger partial charge in [-0.15, -0.1) is 0 Å². The van der Waals surface area contributed by atoms with Crippen molar-refractivity contribution < 1.29 is 14.3 Å². The highest BCUT2D eigenvalue weighted by Gasteiger charge is 2.20. The number of aliphatic hydroxyl groups excluding tert-OH is 1. The monoisotopic (exact) mass is 421 g/mol. The van der Waals surface area contributed by atoms with Crippen molar-refractivity contribution in [2.45, 2.75) is 39.7 Å². The summed E-state index contributed by atoms with van der Waals surface area (Å²) in [7, 11) is 0. The lowest BCUT2D eigenvalue weighted by molar-refractivity contribution is 0.137. The zero-order chi connectivity index (χ0) is 21.8. The van der Waals surface area contributed by atoms with E-state index in [1.807, 2.05) is 25.1 Å². The van der Waals surface area contributed by atoms with Gasteiger partial charge in [-0.1, -0.05) is 24.3 Å². The molecule has 5 nitrogen and oxygen atoms in total. The molecular weight excluding hydrogens is 390 g/mol. The third-order valence-electron chi connectivity index (χ3n) is 6.45. The number of fused-ring (bicyclic) bond motifs is 1. The first-order valence-corrected chi connectivity index (χ1v) is 11.1. The number of likely N-dealkylation sites (tertiary alicyclic amines) is 1. The van der Waals surface area contributed by atoms with Crippen LogP contribution in [-0.4, -0.2) is 36.3 Å². The number of aliphatic hydroxyl groups is 1. The van der Waals surface area contributed by atoms with Crippen LogP contribution in [-0.2, 0) is 13.0 Å². The highest BCUT2D eigenvalue weighted by atomic mass is 16.5. The van der Waals surface area contributed by atoms with Crippen molar-refractivity contribution in [3.63, 3.8) is 0 Å². The highest BCUT2D eigenvalue weighted by Crippen LogP contribution is 2.26. The predicted molar refractivity (Wildman–Crippen MR) is 123 cm³/mol. The summed E-state index contributed by atoms with van der Waals surface area (Å²) in [4.78, 5) is 14.4. The van der Waals surface area contributed by atoms with Crippen LogP contribution in [0.25, 0.3) is 11.0 Å². The van der Waals surface area contributed by atoms with E-state index in [1.165, 1.54) is 11.1 Å². The van der Waals surface area contributed by atoms with Gasteiger partial charge in [0.15, 0.2) is 0 Å². The molecule has 1 fully saturated rings. The van der Waals surface area contributed by atoms with Crippen molar-refractivity contribution in [2.75, 3.05) is 26.3 Å². The second-order valence-electron chi connectivity index (χ2n) is 8.62. The van der Waals surface area contributed by atoms with Crippen LogP contribution in [0.3, 0.4) is 0 Å². The molecule has 1 aliphatic heterocycles. The first-order chi connectivity index (χ1) is 15.0. The molecule has 0 radical (unpaired) electrons. The first kappa shape index (κ1) is 21.6. The molecule has 0 bridgehead atoms. The molecule has 0 saturated carbocycles. The van der Waals surface area contributed by atoms with Crippen LogP contribution in [0.5, 0.6) is 5.75 Å². The van der Waals surface area contributed by atoms with Crippen molar-refractivity contribution >= 4 is 11.0 Å². The maximum absolute atomic E-state index is 12.0. The number of piperidine rings is 1. The van der Waals surface area contributed by atoms with Gasteiger partial charge in [0.25, 0.3) is 0 Å². The maximum atomic E-state index is 12.0. The van der Waals surface area contributed by atoms with Crippen LogP contribution in [0.4, 0.5) is 0 Å². The molecule has 0 atom stereocenters. The van der Waals surface area contributed by atoms with Crippen molar-refractivity contribution in [2.24, 2.45) is 5.92 Å². The first-order valence-electron chi connectivity index (χ1n) is 11.1. The van der Waals surface area contributed by atoms with Gasteiger partial charge in [0.2, 0.25) is 0 Å². The van der Waals surface area contributed by atoms with E-state index < -0.39 is 0 Å². The van der Waals surface area contributed by atoms with Gasteiger partial charge in [0.1, 0.15) is 11.3 Å². The molecule has 0 aliphatic carbocycles. The Labute approximate surface area is 183 Å². The van der Waals surface area contributed by atoms with Crippen LogP contribution in [0.1, 0.15) is 35.1 Å². The number of ether oxygens (including phenoxy) is 1.